The molecule has 0 aliphatic rings. The van der Waals surface area contributed by atoms with Gasteiger partial charge < -0.3 is 10.4 Å². The molecule has 0 spiro atoms. The Morgan fingerprint density at radius 1 is 1.32 bits per heavy atom. The highest BCUT2D eigenvalue weighted by Gasteiger charge is 2.18. The second-order valence-electron chi connectivity index (χ2n) is 4.85. The van der Waals surface area contributed by atoms with Gasteiger partial charge in [-0.15, -0.1) is 11.3 Å². The molecular weight excluding hydrogens is 322 g/mol. The van der Waals surface area contributed by atoms with Crippen molar-refractivity contribution in [3.63, 3.8) is 0 Å². The number of hydrogen-bond donors (Lipinski definition) is 2. The van der Waals surface area contributed by atoms with Crippen molar-refractivity contribution in [1.29, 1.82) is 0 Å². The first-order valence-electron chi connectivity index (χ1n) is 6.48. The number of hydrogen-bond acceptors (Lipinski definition) is 5. The number of aromatic carboxylic acids is 1. The third-order valence-electron chi connectivity index (χ3n) is 3.37. The van der Waals surface area contributed by atoms with E-state index in [0.29, 0.717) is 21.2 Å². The van der Waals surface area contributed by atoms with Crippen LogP contribution in [0.15, 0.2) is 24.5 Å². The number of halogens is 1. The number of carboxylic acids is 1. The Bertz CT molecular complexity index is 892. The lowest BCUT2D eigenvalue weighted by Gasteiger charge is -2.10. The zero-order chi connectivity index (χ0) is 15.9. The fourth-order valence-corrected chi connectivity index (χ4v) is 3.39. The Morgan fingerprint density at radius 3 is 2.82 bits per heavy atom. The smallest absolute Gasteiger partial charge is 0.346 e. The third kappa shape index (κ3) is 2.51. The number of carboxylic acid groups (broad SMARTS) is 1. The summed E-state index contributed by atoms with van der Waals surface area (Å²) in [6, 6.07) is 5.53. The summed E-state index contributed by atoms with van der Waals surface area (Å²) in [5.74, 6) is -0.373. The Labute approximate surface area is 135 Å². The van der Waals surface area contributed by atoms with E-state index >= 15 is 0 Å². The Hall–Kier alpha value is -2.18. The van der Waals surface area contributed by atoms with Crippen LogP contribution in [-0.2, 0) is 0 Å². The molecule has 0 unspecified atom stereocenters. The zero-order valence-electron chi connectivity index (χ0n) is 11.8. The minimum atomic E-state index is -0.953. The number of fused-ring (bicyclic) bond motifs is 1. The number of anilines is 2. The van der Waals surface area contributed by atoms with Crippen molar-refractivity contribution in [1.82, 2.24) is 9.97 Å². The molecule has 0 atom stereocenters. The van der Waals surface area contributed by atoms with E-state index in [2.05, 4.69) is 15.3 Å². The van der Waals surface area contributed by atoms with E-state index in [1.807, 2.05) is 25.1 Å². The molecule has 2 aromatic heterocycles. The lowest BCUT2D eigenvalue weighted by atomic mass is 10.1. The maximum atomic E-state index is 11.3. The third-order valence-corrected chi connectivity index (χ3v) is 4.80. The number of rotatable bonds is 3. The molecule has 0 saturated carbocycles. The lowest BCUT2D eigenvalue weighted by Crippen LogP contribution is -1.98. The van der Waals surface area contributed by atoms with Crippen LogP contribution >= 0.6 is 22.9 Å². The van der Waals surface area contributed by atoms with Crippen LogP contribution < -0.4 is 5.32 Å². The molecule has 0 fully saturated rings. The molecule has 0 aliphatic heterocycles. The van der Waals surface area contributed by atoms with Gasteiger partial charge in [0, 0.05) is 10.7 Å². The number of aromatic nitrogens is 2. The first-order valence-corrected chi connectivity index (χ1v) is 7.67. The van der Waals surface area contributed by atoms with Gasteiger partial charge in [0.2, 0.25) is 0 Å². The van der Waals surface area contributed by atoms with E-state index in [1.165, 1.54) is 6.33 Å². The van der Waals surface area contributed by atoms with Gasteiger partial charge in [0.1, 0.15) is 21.9 Å². The van der Waals surface area contributed by atoms with Gasteiger partial charge in [-0.2, -0.15) is 0 Å². The summed E-state index contributed by atoms with van der Waals surface area (Å²) in [7, 11) is 0. The van der Waals surface area contributed by atoms with Gasteiger partial charge in [0.25, 0.3) is 0 Å². The average Bonchev–Trinajstić information content (AvgIpc) is 2.81. The van der Waals surface area contributed by atoms with Crippen molar-refractivity contribution in [3.8, 4) is 0 Å². The molecular formula is C15H12ClN3O2S. The predicted octanol–water partition coefficient (Wildman–Crippen LogP) is 4.40. The summed E-state index contributed by atoms with van der Waals surface area (Å²) in [6.07, 6.45) is 1.42. The number of thiophene rings is 1. The van der Waals surface area contributed by atoms with Crippen LogP contribution in [0.5, 0.6) is 0 Å². The first kappa shape index (κ1) is 14.7. The topological polar surface area (TPSA) is 75.1 Å². The molecule has 3 aromatic rings. The average molecular weight is 334 g/mol. The molecule has 0 amide bonds. The maximum Gasteiger partial charge on any atom is 0.346 e. The van der Waals surface area contributed by atoms with Crippen LogP contribution in [0.1, 0.15) is 20.8 Å². The van der Waals surface area contributed by atoms with Crippen molar-refractivity contribution in [2.75, 3.05) is 5.32 Å². The second-order valence-corrected chi connectivity index (χ2v) is 6.28. The largest absolute Gasteiger partial charge is 0.477 e. The minimum absolute atomic E-state index is 0.279. The van der Waals surface area contributed by atoms with Gasteiger partial charge in [-0.1, -0.05) is 17.7 Å². The van der Waals surface area contributed by atoms with Crippen LogP contribution in [0.25, 0.3) is 10.2 Å². The van der Waals surface area contributed by atoms with Gasteiger partial charge in [0.15, 0.2) is 0 Å². The van der Waals surface area contributed by atoms with E-state index in [9.17, 15) is 9.90 Å². The summed E-state index contributed by atoms with van der Waals surface area (Å²) in [5, 5.41) is 13.8. The molecule has 7 heteroatoms. The normalized spacial score (nSPS) is 10.9. The van der Waals surface area contributed by atoms with Gasteiger partial charge in [-0.05, 0) is 37.1 Å². The lowest BCUT2D eigenvalue weighted by molar-refractivity contribution is 0.0701. The van der Waals surface area contributed by atoms with Gasteiger partial charge in [-0.25, -0.2) is 14.8 Å². The number of aryl methyl sites for hydroxylation is 2. The van der Waals surface area contributed by atoms with Crippen LogP contribution in [0, 0.1) is 13.8 Å². The summed E-state index contributed by atoms with van der Waals surface area (Å²) < 4.78 is 0. The number of benzene rings is 1. The van der Waals surface area contributed by atoms with Crippen molar-refractivity contribution < 1.29 is 9.90 Å². The molecule has 3 rings (SSSR count). The standard InChI is InChI=1S/C15H12ClN3O2S/c1-7-3-4-9(16)5-10(7)19-13-11-8(2)12(15(20)21)22-14(11)18-6-17-13/h3-6H,1-2H3,(H,20,21)(H,17,18,19). The first-order chi connectivity index (χ1) is 10.5. The van der Waals surface area contributed by atoms with E-state index in [1.54, 1.807) is 6.92 Å². The molecule has 2 N–H and O–H groups in total. The molecule has 22 heavy (non-hydrogen) atoms. The van der Waals surface area contributed by atoms with Crippen molar-refractivity contribution in [2.45, 2.75) is 13.8 Å². The molecule has 0 saturated heterocycles. The van der Waals surface area contributed by atoms with Crippen molar-refractivity contribution in [2.24, 2.45) is 0 Å². The molecule has 0 bridgehead atoms. The van der Waals surface area contributed by atoms with Gasteiger partial charge in [-0.3, -0.25) is 0 Å². The Balaban J connectivity index is 2.15. The number of nitrogens with one attached hydrogen (secondary N) is 1. The molecule has 112 valence electrons. The fourth-order valence-electron chi connectivity index (χ4n) is 2.23. The minimum Gasteiger partial charge on any atom is -0.477 e. The predicted molar refractivity (Wildman–Crippen MR) is 88.6 cm³/mol. The zero-order valence-corrected chi connectivity index (χ0v) is 13.4. The van der Waals surface area contributed by atoms with E-state index in [0.717, 1.165) is 28.0 Å². The van der Waals surface area contributed by atoms with E-state index in [4.69, 9.17) is 11.6 Å². The van der Waals surface area contributed by atoms with Crippen LogP contribution in [0.4, 0.5) is 11.5 Å². The SMILES string of the molecule is Cc1ccc(Cl)cc1Nc1ncnc2sc(C(=O)O)c(C)c12. The van der Waals surface area contributed by atoms with Crippen molar-refractivity contribution >= 4 is 50.6 Å². The summed E-state index contributed by atoms with van der Waals surface area (Å²) in [6.45, 7) is 3.72. The highest BCUT2D eigenvalue weighted by molar-refractivity contribution is 7.20. The summed E-state index contributed by atoms with van der Waals surface area (Å²) in [5.41, 5.74) is 2.51. The maximum absolute atomic E-state index is 11.3. The molecule has 2 heterocycles. The molecule has 0 aliphatic carbocycles. The van der Waals surface area contributed by atoms with Crippen LogP contribution in [-0.4, -0.2) is 21.0 Å². The van der Waals surface area contributed by atoms with Crippen molar-refractivity contribution in [3.05, 3.63) is 45.6 Å². The molecule has 0 radical (unpaired) electrons. The number of nitrogens with zero attached hydrogens (tertiary/aromatic N) is 2. The highest BCUT2D eigenvalue weighted by Crippen LogP contribution is 2.35. The molecule has 5 nitrogen and oxygen atoms in total. The monoisotopic (exact) mass is 333 g/mol. The summed E-state index contributed by atoms with van der Waals surface area (Å²) >= 11 is 7.18. The fraction of sp³-hybridized carbons (Fsp3) is 0.133. The second kappa shape index (κ2) is 5.55. The summed E-state index contributed by atoms with van der Waals surface area (Å²) in [4.78, 5) is 20.6. The van der Waals surface area contributed by atoms with Crippen LogP contribution in [0.2, 0.25) is 5.02 Å². The van der Waals surface area contributed by atoms with E-state index in [-0.39, 0.29) is 4.88 Å². The molecule has 1 aromatic carbocycles. The van der Waals surface area contributed by atoms with Crippen LogP contribution in [0.3, 0.4) is 0 Å². The van der Waals surface area contributed by atoms with Gasteiger partial charge >= 0.3 is 5.97 Å². The Kier molecular flexibility index (Phi) is 3.72. The Morgan fingerprint density at radius 2 is 2.09 bits per heavy atom. The highest BCUT2D eigenvalue weighted by atomic mass is 35.5. The number of carbonyl (C=O) groups is 1. The van der Waals surface area contributed by atoms with E-state index < -0.39 is 5.97 Å². The quantitative estimate of drug-likeness (QED) is 0.742. The van der Waals surface area contributed by atoms with Gasteiger partial charge in [0.05, 0.1) is 5.39 Å².